The van der Waals surface area contributed by atoms with Crippen LogP contribution < -0.4 is 16.9 Å². The molecule has 0 amide bonds. The number of rotatable bonds is 7. The summed E-state index contributed by atoms with van der Waals surface area (Å²) in [6, 6.07) is 7.60. The Morgan fingerprint density at radius 1 is 1.33 bits per heavy atom. The van der Waals surface area contributed by atoms with Crippen molar-refractivity contribution in [3.63, 3.8) is 0 Å². The van der Waals surface area contributed by atoms with E-state index >= 15 is 0 Å². The monoisotopic (exact) mass is 348 g/mol. The molecule has 1 aromatic rings. The maximum atomic E-state index is 11.8. The van der Waals surface area contributed by atoms with Gasteiger partial charge in [0.1, 0.15) is 6.07 Å². The van der Waals surface area contributed by atoms with Gasteiger partial charge in [0, 0.05) is 12.4 Å². The van der Waals surface area contributed by atoms with Gasteiger partial charge in [-0.25, -0.2) is 0 Å². The van der Waals surface area contributed by atoms with Crippen LogP contribution in [0.4, 0.5) is 5.69 Å². The first-order valence-electron chi connectivity index (χ1n) is 6.44. The van der Waals surface area contributed by atoms with Crippen molar-refractivity contribution in [3.8, 4) is 6.07 Å². The molecule has 9 nitrogen and oxygen atoms in total. The smallest absolute Gasteiger partial charge is 0.285 e. The molecule has 0 heterocycles. The zero-order chi connectivity index (χ0) is 18.0. The number of guanidine groups is 1. The first kappa shape index (κ1) is 18.9. The van der Waals surface area contributed by atoms with Crippen molar-refractivity contribution in [1.82, 2.24) is 5.48 Å². The molecule has 24 heavy (non-hydrogen) atoms. The van der Waals surface area contributed by atoms with Crippen LogP contribution in [0, 0.1) is 11.3 Å². The van der Waals surface area contributed by atoms with Crippen LogP contribution in [0.1, 0.15) is 0 Å². The molecule has 0 radical (unpaired) electrons. The Kier molecular flexibility index (Phi) is 7.15. The van der Waals surface area contributed by atoms with Gasteiger partial charge in [0.15, 0.2) is 0 Å². The van der Waals surface area contributed by atoms with E-state index in [1.807, 2.05) is 6.07 Å². The van der Waals surface area contributed by atoms with Crippen LogP contribution in [-0.2, 0) is 14.9 Å². The summed E-state index contributed by atoms with van der Waals surface area (Å²) in [6.45, 7) is 0. The van der Waals surface area contributed by atoms with Crippen molar-refractivity contribution in [2.45, 2.75) is 4.90 Å². The third-order valence-corrected chi connectivity index (χ3v) is 3.73. The molecule has 5 N–H and O–H groups in total. The van der Waals surface area contributed by atoms with Crippen LogP contribution in [0.5, 0.6) is 0 Å². The fourth-order valence-electron chi connectivity index (χ4n) is 1.41. The fraction of sp³-hybridized carbons (Fsp3) is 0.0714. The predicted octanol–water partition coefficient (Wildman–Crippen LogP) is 0.466. The van der Waals surface area contributed by atoms with Crippen LogP contribution in [-0.4, -0.2) is 27.7 Å². The molecule has 0 aliphatic rings. The van der Waals surface area contributed by atoms with Crippen molar-refractivity contribution >= 4 is 27.9 Å². The van der Waals surface area contributed by atoms with Crippen molar-refractivity contribution in [3.05, 3.63) is 48.2 Å². The van der Waals surface area contributed by atoms with Crippen molar-refractivity contribution in [1.29, 1.82) is 5.26 Å². The van der Waals surface area contributed by atoms with Gasteiger partial charge in [0.25, 0.3) is 10.0 Å². The minimum Gasteiger partial charge on any atom is -0.369 e. The Bertz CT molecular complexity index is 813. The highest BCUT2D eigenvalue weighted by atomic mass is 32.2. The Morgan fingerprint density at radius 2 is 2.00 bits per heavy atom. The maximum absolute atomic E-state index is 11.8. The number of hydroxylamine groups is 1. The Balaban J connectivity index is 2.81. The molecule has 0 saturated heterocycles. The molecule has 126 valence electrons. The largest absolute Gasteiger partial charge is 0.369 e. The molecule has 0 saturated carbocycles. The van der Waals surface area contributed by atoms with E-state index in [-0.39, 0.29) is 4.90 Å². The third kappa shape index (κ3) is 6.30. The van der Waals surface area contributed by atoms with Crippen LogP contribution in [0.25, 0.3) is 0 Å². The second-order valence-corrected chi connectivity index (χ2v) is 5.76. The molecule has 0 fully saturated rings. The van der Waals surface area contributed by atoms with Gasteiger partial charge in [-0.1, -0.05) is 0 Å². The summed E-state index contributed by atoms with van der Waals surface area (Å²) in [5.74, 6) is -0.536. The van der Waals surface area contributed by atoms with E-state index in [4.69, 9.17) is 16.7 Å². The molecule has 0 aliphatic heterocycles. The SMILES string of the molecule is CON/C=C(C#N)/C=C/C=Nc1ccc(S(=O)(=O)N=C(N)N)cc1. The van der Waals surface area contributed by atoms with E-state index in [2.05, 4.69) is 19.7 Å². The molecule has 0 aliphatic carbocycles. The number of nitriles is 1. The lowest BCUT2D eigenvalue weighted by Crippen LogP contribution is -2.24. The van der Waals surface area contributed by atoms with Gasteiger partial charge in [0.2, 0.25) is 5.96 Å². The van der Waals surface area contributed by atoms with Crippen LogP contribution in [0.15, 0.2) is 62.5 Å². The van der Waals surface area contributed by atoms with E-state index in [1.54, 1.807) is 6.08 Å². The van der Waals surface area contributed by atoms with Gasteiger partial charge in [-0.3, -0.25) is 15.3 Å². The number of aliphatic imine (C=N–C) groups is 1. The summed E-state index contributed by atoms with van der Waals surface area (Å²) < 4.78 is 26.7. The van der Waals surface area contributed by atoms with Crippen LogP contribution in [0.2, 0.25) is 0 Å². The van der Waals surface area contributed by atoms with Gasteiger partial charge >= 0.3 is 0 Å². The molecule has 0 aromatic heterocycles. The Labute approximate surface area is 139 Å². The first-order valence-corrected chi connectivity index (χ1v) is 7.88. The van der Waals surface area contributed by atoms with E-state index < -0.39 is 16.0 Å². The number of allylic oxidation sites excluding steroid dienone is 3. The summed E-state index contributed by atoms with van der Waals surface area (Å²) >= 11 is 0. The van der Waals surface area contributed by atoms with Gasteiger partial charge in [-0.15, -0.1) is 4.40 Å². The zero-order valence-electron chi connectivity index (χ0n) is 12.7. The van der Waals surface area contributed by atoms with E-state index in [0.717, 1.165) is 0 Å². The number of hydrogen-bond donors (Lipinski definition) is 3. The lowest BCUT2D eigenvalue weighted by Gasteiger charge is -1.99. The molecule has 1 rings (SSSR count). The van der Waals surface area contributed by atoms with Gasteiger partial charge in [-0.2, -0.15) is 13.7 Å². The normalized spacial score (nSPS) is 12.2. The summed E-state index contributed by atoms with van der Waals surface area (Å²) in [5, 5.41) is 8.84. The standard InChI is InChI=1S/C14H16N6O3S/c1-23-19-10-11(9-15)3-2-8-18-12-4-6-13(7-5-12)24(21,22)20-14(16)17/h2-8,10,19H,1H3,(H4,16,17,20)/b3-2+,11-10-,18-8?. The number of benzene rings is 1. The first-order chi connectivity index (χ1) is 11.4. The average molecular weight is 348 g/mol. The minimum atomic E-state index is -3.92. The van der Waals surface area contributed by atoms with Crippen LogP contribution >= 0.6 is 0 Å². The summed E-state index contributed by atoms with van der Waals surface area (Å²) in [6.07, 6.45) is 5.91. The number of nitrogens with two attached hydrogens (primary N) is 2. The van der Waals surface area contributed by atoms with E-state index in [9.17, 15) is 8.42 Å². The van der Waals surface area contributed by atoms with Crippen molar-refractivity contribution < 1.29 is 13.3 Å². The quantitative estimate of drug-likeness (QED) is 0.212. The van der Waals surface area contributed by atoms with Crippen molar-refractivity contribution in [2.75, 3.05) is 7.11 Å². The molecule has 1 aromatic carbocycles. The zero-order valence-corrected chi connectivity index (χ0v) is 13.6. The summed E-state index contributed by atoms with van der Waals surface area (Å²) in [4.78, 5) is 8.64. The van der Waals surface area contributed by atoms with Gasteiger partial charge in [0.05, 0.1) is 23.3 Å². The lowest BCUT2D eigenvalue weighted by molar-refractivity contribution is 0.128. The molecule has 0 atom stereocenters. The topological polar surface area (TPSA) is 156 Å². The van der Waals surface area contributed by atoms with E-state index in [1.165, 1.54) is 49.9 Å². The fourth-order valence-corrected chi connectivity index (χ4v) is 2.27. The third-order valence-electron chi connectivity index (χ3n) is 2.41. The van der Waals surface area contributed by atoms with Crippen molar-refractivity contribution in [2.24, 2.45) is 20.9 Å². The molecular formula is C14H16N6O3S. The lowest BCUT2D eigenvalue weighted by atomic mass is 10.3. The number of sulfonamides is 1. The summed E-state index contributed by atoms with van der Waals surface area (Å²) in [7, 11) is -2.49. The van der Waals surface area contributed by atoms with Gasteiger partial charge in [-0.05, 0) is 36.4 Å². The second kappa shape index (κ2) is 9.09. The Morgan fingerprint density at radius 3 is 2.54 bits per heavy atom. The number of nitrogens with zero attached hydrogens (tertiary/aromatic N) is 3. The maximum Gasteiger partial charge on any atom is 0.285 e. The highest BCUT2D eigenvalue weighted by Crippen LogP contribution is 2.17. The van der Waals surface area contributed by atoms with Gasteiger partial charge < -0.3 is 11.5 Å². The highest BCUT2D eigenvalue weighted by molar-refractivity contribution is 7.90. The number of nitrogens with one attached hydrogen (secondary N) is 1. The Hall–Kier alpha value is -3.16. The highest BCUT2D eigenvalue weighted by Gasteiger charge is 2.12. The molecule has 0 spiro atoms. The second-order valence-electron chi connectivity index (χ2n) is 4.16. The van der Waals surface area contributed by atoms with Crippen LogP contribution in [0.3, 0.4) is 0 Å². The molecule has 0 bridgehead atoms. The number of hydrogen-bond acceptors (Lipinski definition) is 6. The van der Waals surface area contributed by atoms with E-state index in [0.29, 0.717) is 11.3 Å². The molecular weight excluding hydrogens is 332 g/mol. The molecule has 0 unspecified atom stereocenters. The summed E-state index contributed by atoms with van der Waals surface area (Å²) in [5.41, 5.74) is 13.4. The average Bonchev–Trinajstić information content (AvgIpc) is 2.53. The minimum absolute atomic E-state index is 0.0502. The predicted molar refractivity (Wildman–Crippen MR) is 90.6 cm³/mol. The molecule has 10 heteroatoms.